The molecule has 0 unspecified atom stereocenters. The number of hydrogen-bond donors (Lipinski definition) is 0. The number of hydrogen-bond acceptors (Lipinski definition) is 7. The number of aromatic nitrogens is 2. The molecule has 0 saturated carbocycles. The molecule has 0 N–H and O–H groups in total. The number of amides is 1. The van der Waals surface area contributed by atoms with Crippen molar-refractivity contribution in [1.29, 1.82) is 0 Å². The third-order valence-corrected chi connectivity index (χ3v) is 10.5. The zero-order valence-electron chi connectivity index (χ0n) is 29.7. The number of carbonyl (C=O) groups excluding carboxylic acids is 1. The largest absolute Gasteiger partial charge is 0.496 e. The number of para-hydroxylation sites is 1. The molecule has 266 valence electrons. The van der Waals surface area contributed by atoms with Gasteiger partial charge in [-0.2, -0.15) is 0 Å². The van der Waals surface area contributed by atoms with Crippen molar-refractivity contribution in [3.8, 4) is 34.0 Å². The number of methoxy groups -OCH3 is 1. The molecule has 0 saturated heterocycles. The molecule has 0 aliphatic carbocycles. The van der Waals surface area contributed by atoms with Crippen LogP contribution in [0.1, 0.15) is 37.9 Å². The molecule has 1 atom stereocenters. The van der Waals surface area contributed by atoms with Crippen LogP contribution in [0.4, 0.5) is 5.69 Å². The number of nitro benzene ring substituents is 1. The molecular formula is C42H37N5O5S. The van der Waals surface area contributed by atoms with Crippen LogP contribution in [0.15, 0.2) is 136 Å². The molecule has 1 aliphatic rings. The minimum atomic E-state index is -0.768. The molecule has 3 heterocycles. The van der Waals surface area contributed by atoms with E-state index in [-0.39, 0.29) is 17.2 Å². The normalized spacial score (nSPS) is 14.1. The van der Waals surface area contributed by atoms with Crippen LogP contribution in [0.2, 0.25) is 0 Å². The Hall–Kier alpha value is -6.33. The standard InChI is InChI=1S/C42H37N5O5S/c1-5-44(6-2)41(49)37-27(3)43-42-46(39(37)33-19-13-14-20-35(33)52-4)40(48)36(53-42)26-30-25-34(28-15-9-7-10-16-28)45(38(30)29-17-11-8-12-18-29)31-21-23-32(24-22-31)47(50)51/h7-26,39H,5-6H2,1-4H3/b36-26+/t39-/m0/s1. The van der Waals surface area contributed by atoms with Crippen LogP contribution in [0.3, 0.4) is 0 Å². The van der Waals surface area contributed by atoms with Gasteiger partial charge in [-0.25, -0.2) is 4.99 Å². The molecule has 4 aromatic carbocycles. The van der Waals surface area contributed by atoms with Gasteiger partial charge in [0.05, 0.1) is 39.2 Å². The molecule has 0 bridgehead atoms. The van der Waals surface area contributed by atoms with Gasteiger partial charge in [-0.1, -0.05) is 90.2 Å². The summed E-state index contributed by atoms with van der Waals surface area (Å²) in [5, 5.41) is 11.6. The summed E-state index contributed by atoms with van der Waals surface area (Å²) in [6.45, 7) is 6.70. The number of rotatable bonds is 10. The molecule has 0 spiro atoms. The van der Waals surface area contributed by atoms with Gasteiger partial charge in [0, 0.05) is 42.0 Å². The fourth-order valence-corrected chi connectivity index (χ4v) is 7.99. The summed E-state index contributed by atoms with van der Waals surface area (Å²) in [5.74, 6) is 0.381. The first-order valence-corrected chi connectivity index (χ1v) is 18.1. The Labute approximate surface area is 310 Å². The summed E-state index contributed by atoms with van der Waals surface area (Å²) >= 11 is 1.27. The highest BCUT2D eigenvalue weighted by molar-refractivity contribution is 7.07. The number of carbonyl (C=O) groups is 1. The highest BCUT2D eigenvalue weighted by Crippen LogP contribution is 2.38. The van der Waals surface area contributed by atoms with Gasteiger partial charge in [-0.15, -0.1) is 0 Å². The number of fused-ring (bicyclic) bond motifs is 1. The van der Waals surface area contributed by atoms with Crippen LogP contribution in [0, 0.1) is 10.1 Å². The molecule has 7 rings (SSSR count). The second-order valence-electron chi connectivity index (χ2n) is 12.5. The van der Waals surface area contributed by atoms with E-state index in [0.717, 1.165) is 33.8 Å². The van der Waals surface area contributed by atoms with Gasteiger partial charge in [-0.3, -0.25) is 24.3 Å². The summed E-state index contributed by atoms with van der Waals surface area (Å²) < 4.78 is 9.90. The van der Waals surface area contributed by atoms with Gasteiger partial charge < -0.3 is 14.2 Å². The maximum absolute atomic E-state index is 14.8. The lowest BCUT2D eigenvalue weighted by atomic mass is 9.94. The van der Waals surface area contributed by atoms with Crippen molar-refractivity contribution >= 4 is 29.0 Å². The third-order valence-electron chi connectivity index (χ3n) is 9.49. The average Bonchev–Trinajstić information content (AvgIpc) is 3.72. The lowest BCUT2D eigenvalue weighted by Crippen LogP contribution is -2.43. The number of likely N-dealkylation sites (N-methyl/N-ethyl adjacent to an activating group) is 1. The summed E-state index contributed by atoms with van der Waals surface area (Å²) in [6, 6.07) is 34.9. The molecule has 53 heavy (non-hydrogen) atoms. The van der Waals surface area contributed by atoms with Crippen molar-refractivity contribution < 1.29 is 14.5 Å². The first-order chi connectivity index (χ1) is 25.7. The molecule has 11 heteroatoms. The van der Waals surface area contributed by atoms with E-state index in [1.54, 1.807) is 28.7 Å². The molecule has 1 aliphatic heterocycles. The predicted octanol–water partition coefficient (Wildman–Crippen LogP) is 7.15. The Kier molecular flexibility index (Phi) is 9.75. The predicted molar refractivity (Wildman–Crippen MR) is 208 cm³/mol. The van der Waals surface area contributed by atoms with Gasteiger partial charge in [0.25, 0.3) is 17.2 Å². The smallest absolute Gasteiger partial charge is 0.271 e. The van der Waals surface area contributed by atoms with E-state index in [1.807, 2.05) is 118 Å². The van der Waals surface area contributed by atoms with Crippen molar-refractivity contribution in [2.75, 3.05) is 20.2 Å². The molecule has 6 aromatic rings. The minimum Gasteiger partial charge on any atom is -0.496 e. The fourth-order valence-electron chi connectivity index (χ4n) is 6.95. The van der Waals surface area contributed by atoms with Gasteiger partial charge in [0.15, 0.2) is 4.80 Å². The van der Waals surface area contributed by atoms with E-state index in [2.05, 4.69) is 4.57 Å². The fraction of sp³-hybridized carbons (Fsp3) is 0.167. The first kappa shape index (κ1) is 35.1. The molecular weight excluding hydrogens is 687 g/mol. The molecule has 10 nitrogen and oxygen atoms in total. The van der Waals surface area contributed by atoms with Gasteiger partial charge >= 0.3 is 0 Å². The van der Waals surface area contributed by atoms with E-state index in [0.29, 0.717) is 45.0 Å². The second kappa shape index (κ2) is 14.7. The summed E-state index contributed by atoms with van der Waals surface area (Å²) in [6.07, 6.45) is 1.88. The second-order valence-corrected chi connectivity index (χ2v) is 13.5. The number of benzene rings is 4. The van der Waals surface area contributed by atoms with Crippen LogP contribution >= 0.6 is 11.3 Å². The van der Waals surface area contributed by atoms with Crippen LogP contribution in [0.25, 0.3) is 34.3 Å². The van der Waals surface area contributed by atoms with E-state index < -0.39 is 11.0 Å². The van der Waals surface area contributed by atoms with Gasteiger partial charge in [0.2, 0.25) is 0 Å². The van der Waals surface area contributed by atoms with E-state index in [4.69, 9.17) is 9.73 Å². The maximum atomic E-state index is 14.8. The Bertz CT molecular complexity index is 2550. The monoisotopic (exact) mass is 723 g/mol. The van der Waals surface area contributed by atoms with Crippen LogP contribution < -0.4 is 19.6 Å². The lowest BCUT2D eigenvalue weighted by molar-refractivity contribution is -0.384. The Morgan fingerprint density at radius 1 is 0.925 bits per heavy atom. The van der Waals surface area contributed by atoms with Crippen molar-refractivity contribution in [2.24, 2.45) is 4.99 Å². The molecule has 0 fully saturated rings. The highest BCUT2D eigenvalue weighted by Gasteiger charge is 2.35. The van der Waals surface area contributed by atoms with Crippen molar-refractivity contribution in [3.63, 3.8) is 0 Å². The van der Waals surface area contributed by atoms with Crippen LogP contribution in [0.5, 0.6) is 5.75 Å². The number of nitrogens with zero attached hydrogens (tertiary/aromatic N) is 5. The Balaban J connectivity index is 1.51. The van der Waals surface area contributed by atoms with E-state index >= 15 is 0 Å². The number of thiazole rings is 1. The lowest BCUT2D eigenvalue weighted by Gasteiger charge is -2.29. The van der Waals surface area contributed by atoms with E-state index in [1.165, 1.54) is 23.5 Å². The zero-order valence-corrected chi connectivity index (χ0v) is 30.5. The highest BCUT2D eigenvalue weighted by atomic mass is 32.1. The SMILES string of the molecule is CCN(CC)C(=O)C1=C(C)N=c2s/c(=C/c3cc(-c4ccccc4)n(-c4ccc([N+](=O)[O-])cc4)c3-c3ccccc3)c(=O)n2[C@H]1c1ccccc1OC. The Morgan fingerprint density at radius 2 is 1.55 bits per heavy atom. The summed E-state index contributed by atoms with van der Waals surface area (Å²) in [5.41, 5.74) is 6.32. The first-order valence-electron chi connectivity index (χ1n) is 17.3. The van der Waals surface area contributed by atoms with E-state index in [9.17, 15) is 19.7 Å². The van der Waals surface area contributed by atoms with Gasteiger partial charge in [-0.05, 0) is 62.2 Å². The summed E-state index contributed by atoms with van der Waals surface area (Å²) in [4.78, 5) is 47.2. The van der Waals surface area contributed by atoms with Crippen molar-refractivity contribution in [3.05, 3.63) is 167 Å². The molecule has 2 aromatic heterocycles. The van der Waals surface area contributed by atoms with Gasteiger partial charge in [0.1, 0.15) is 11.8 Å². The molecule has 1 amide bonds. The number of allylic oxidation sites excluding steroid dienone is 1. The molecule has 0 radical (unpaired) electrons. The summed E-state index contributed by atoms with van der Waals surface area (Å²) in [7, 11) is 1.58. The van der Waals surface area contributed by atoms with Crippen LogP contribution in [-0.2, 0) is 4.79 Å². The third kappa shape index (κ3) is 6.40. The number of ether oxygens (including phenoxy) is 1. The van der Waals surface area contributed by atoms with Crippen LogP contribution in [-0.4, -0.2) is 45.1 Å². The minimum absolute atomic E-state index is 0.0106. The Morgan fingerprint density at radius 3 is 2.17 bits per heavy atom. The average molecular weight is 724 g/mol. The van der Waals surface area contributed by atoms with Crippen molar-refractivity contribution in [2.45, 2.75) is 26.8 Å². The number of non-ortho nitro benzene ring substituents is 1. The zero-order chi connectivity index (χ0) is 37.2. The quantitative estimate of drug-likeness (QED) is 0.110. The van der Waals surface area contributed by atoms with Crippen molar-refractivity contribution in [1.82, 2.24) is 14.0 Å². The topological polar surface area (TPSA) is 112 Å². The maximum Gasteiger partial charge on any atom is 0.271 e. The number of nitro groups is 1.